The molecule has 0 saturated carbocycles. The van der Waals surface area contributed by atoms with Crippen LogP contribution in [0.1, 0.15) is 0 Å². The van der Waals surface area contributed by atoms with E-state index in [2.05, 4.69) is 204 Å². The molecule has 12 aromatic rings. The molecule has 0 amide bonds. The van der Waals surface area contributed by atoms with Gasteiger partial charge in [0.15, 0.2) is 0 Å². The summed E-state index contributed by atoms with van der Waals surface area (Å²) in [6, 6.07) is 76.8. The van der Waals surface area contributed by atoms with Gasteiger partial charge in [0.05, 0.1) is 27.9 Å². The second kappa shape index (κ2) is 14.2. The highest BCUT2D eigenvalue weighted by atomic mass is 16.3. The predicted molar refractivity (Wildman–Crippen MR) is 252 cm³/mol. The number of hydrogen-bond acceptors (Lipinski definition) is 4. The van der Waals surface area contributed by atoms with E-state index >= 15 is 0 Å². The molecule has 61 heavy (non-hydrogen) atoms. The number of benzene rings is 9. The minimum atomic E-state index is 0.644. The quantitative estimate of drug-likeness (QED) is 0.162. The van der Waals surface area contributed by atoms with Gasteiger partial charge in [0.1, 0.15) is 11.2 Å². The van der Waals surface area contributed by atoms with Crippen molar-refractivity contribution in [2.75, 3.05) is 4.90 Å². The van der Waals surface area contributed by atoms with Crippen molar-refractivity contribution in [3.63, 3.8) is 0 Å². The molecule has 9 aromatic carbocycles. The molecular weight excluding hydrogens is 745 g/mol. The fourth-order valence-electron chi connectivity index (χ4n) is 8.96. The summed E-state index contributed by atoms with van der Waals surface area (Å²) >= 11 is 0. The molecule has 5 nitrogen and oxygen atoms in total. The number of nitrogens with zero attached hydrogens (tertiary/aromatic N) is 4. The summed E-state index contributed by atoms with van der Waals surface area (Å²) in [5, 5.41) is 5.55. The smallest absolute Gasteiger partial charge is 0.235 e. The van der Waals surface area contributed by atoms with Gasteiger partial charge in [-0.3, -0.25) is 4.57 Å². The van der Waals surface area contributed by atoms with Crippen LogP contribution >= 0.6 is 0 Å². The highest BCUT2D eigenvalue weighted by Gasteiger charge is 2.21. The lowest BCUT2D eigenvalue weighted by molar-refractivity contribution is 0.669. The van der Waals surface area contributed by atoms with Crippen LogP contribution in [0.2, 0.25) is 0 Å². The maximum Gasteiger partial charge on any atom is 0.235 e. The van der Waals surface area contributed by atoms with E-state index in [1.807, 2.05) is 24.3 Å². The molecule has 0 radical (unpaired) electrons. The second-order valence-electron chi connectivity index (χ2n) is 15.4. The third-order valence-electron chi connectivity index (χ3n) is 11.8. The summed E-state index contributed by atoms with van der Waals surface area (Å²) in [4.78, 5) is 12.8. The molecule has 5 heteroatoms. The summed E-state index contributed by atoms with van der Waals surface area (Å²) in [6.45, 7) is 0. The minimum absolute atomic E-state index is 0.644. The number of aromatic nitrogens is 3. The van der Waals surface area contributed by atoms with E-state index in [0.717, 1.165) is 105 Å². The normalized spacial score (nSPS) is 11.6. The van der Waals surface area contributed by atoms with Crippen LogP contribution in [-0.4, -0.2) is 14.5 Å². The maximum atomic E-state index is 6.42. The van der Waals surface area contributed by atoms with Crippen molar-refractivity contribution in [1.29, 1.82) is 0 Å². The van der Waals surface area contributed by atoms with Crippen molar-refractivity contribution in [2.45, 2.75) is 0 Å². The van der Waals surface area contributed by atoms with E-state index in [9.17, 15) is 0 Å². The first kappa shape index (κ1) is 34.7. The Bertz CT molecular complexity index is 3590. The fourth-order valence-corrected chi connectivity index (χ4v) is 8.96. The minimum Gasteiger partial charge on any atom is -0.456 e. The summed E-state index contributed by atoms with van der Waals surface area (Å²) in [5.74, 6) is 0.644. The molecule has 0 spiro atoms. The average Bonchev–Trinajstić information content (AvgIpc) is 3.87. The van der Waals surface area contributed by atoms with E-state index in [1.165, 1.54) is 0 Å². The number of furan rings is 1. The molecule has 3 aromatic heterocycles. The SMILES string of the molecule is c1ccc(-c2ccccc2N(c2ccc(-c3ccc4c5ccccc5n(-c5nc(-c6ccccc6)c6ccccc6n5)c4c3)cc2)c2ccc3c(c2)oc2ccccc23)cc1. The molecule has 0 N–H and O–H groups in total. The first-order valence-electron chi connectivity index (χ1n) is 20.6. The van der Waals surface area contributed by atoms with E-state index in [1.54, 1.807) is 0 Å². The monoisotopic (exact) mass is 780 g/mol. The van der Waals surface area contributed by atoms with Crippen LogP contribution < -0.4 is 4.90 Å². The zero-order chi connectivity index (χ0) is 40.3. The lowest BCUT2D eigenvalue weighted by Crippen LogP contribution is -2.11. The van der Waals surface area contributed by atoms with E-state index in [-0.39, 0.29) is 0 Å². The van der Waals surface area contributed by atoms with E-state index < -0.39 is 0 Å². The third kappa shape index (κ3) is 5.86. The van der Waals surface area contributed by atoms with Gasteiger partial charge in [-0.25, -0.2) is 9.97 Å². The Labute approximate surface area is 352 Å². The zero-order valence-corrected chi connectivity index (χ0v) is 33.0. The number of anilines is 3. The van der Waals surface area contributed by atoms with Gasteiger partial charge in [-0.15, -0.1) is 0 Å². The predicted octanol–water partition coefficient (Wildman–Crippen LogP) is 15.1. The molecule has 0 aliphatic rings. The summed E-state index contributed by atoms with van der Waals surface area (Å²) < 4.78 is 8.64. The first-order chi connectivity index (χ1) is 30.2. The zero-order valence-electron chi connectivity index (χ0n) is 33.0. The number of para-hydroxylation sites is 4. The lowest BCUT2D eigenvalue weighted by Gasteiger charge is -2.28. The van der Waals surface area contributed by atoms with Gasteiger partial charge < -0.3 is 9.32 Å². The maximum absolute atomic E-state index is 6.42. The molecule has 3 heterocycles. The molecule has 0 bridgehead atoms. The van der Waals surface area contributed by atoms with Gasteiger partial charge >= 0.3 is 0 Å². The van der Waals surface area contributed by atoms with Crippen molar-refractivity contribution in [1.82, 2.24) is 14.5 Å². The van der Waals surface area contributed by atoms with Gasteiger partial charge in [-0.05, 0) is 71.3 Å². The third-order valence-corrected chi connectivity index (χ3v) is 11.8. The molecule has 0 aliphatic heterocycles. The molecular formula is C56H36N4O. The van der Waals surface area contributed by atoms with Gasteiger partial charge in [0, 0.05) is 55.5 Å². The molecule has 0 saturated heterocycles. The van der Waals surface area contributed by atoms with E-state index in [4.69, 9.17) is 14.4 Å². The lowest BCUT2D eigenvalue weighted by atomic mass is 10.0. The van der Waals surface area contributed by atoms with Gasteiger partial charge in [0.2, 0.25) is 5.95 Å². The topological polar surface area (TPSA) is 47.1 Å². The Balaban J connectivity index is 1.01. The van der Waals surface area contributed by atoms with Crippen molar-refractivity contribution >= 4 is 71.7 Å². The van der Waals surface area contributed by atoms with Crippen LogP contribution in [0, 0.1) is 0 Å². The Morgan fingerprint density at radius 3 is 1.82 bits per heavy atom. The van der Waals surface area contributed by atoms with Crippen molar-refractivity contribution in [3.8, 4) is 39.5 Å². The first-order valence-corrected chi connectivity index (χ1v) is 20.6. The number of fused-ring (bicyclic) bond motifs is 7. The molecule has 0 aliphatic carbocycles. The second-order valence-corrected chi connectivity index (χ2v) is 15.4. The van der Waals surface area contributed by atoms with Crippen molar-refractivity contribution in [2.24, 2.45) is 0 Å². The Morgan fingerprint density at radius 1 is 0.377 bits per heavy atom. The summed E-state index contributed by atoms with van der Waals surface area (Å²) in [6.07, 6.45) is 0. The van der Waals surface area contributed by atoms with Crippen LogP contribution in [-0.2, 0) is 0 Å². The summed E-state index contributed by atoms with van der Waals surface area (Å²) in [7, 11) is 0. The molecule has 0 atom stereocenters. The van der Waals surface area contributed by atoms with Gasteiger partial charge in [-0.2, -0.15) is 0 Å². The average molecular weight is 781 g/mol. The van der Waals surface area contributed by atoms with Crippen molar-refractivity contribution < 1.29 is 4.42 Å². The Morgan fingerprint density at radius 2 is 0.984 bits per heavy atom. The molecule has 286 valence electrons. The van der Waals surface area contributed by atoms with E-state index in [0.29, 0.717) is 5.95 Å². The van der Waals surface area contributed by atoms with Crippen LogP contribution in [0.25, 0.3) is 94.1 Å². The number of rotatable bonds is 7. The molecule has 0 fully saturated rings. The fraction of sp³-hybridized carbons (Fsp3) is 0. The van der Waals surface area contributed by atoms with Crippen LogP contribution in [0.4, 0.5) is 17.1 Å². The Hall–Kier alpha value is -8.28. The molecule has 0 unspecified atom stereocenters. The van der Waals surface area contributed by atoms with Crippen LogP contribution in [0.15, 0.2) is 223 Å². The summed E-state index contributed by atoms with van der Waals surface area (Å²) in [5.41, 5.74) is 14.4. The standard InChI is InChI=1S/C56H36N4O/c1-3-15-38(16-4-1)43-19-8-12-24-50(43)59(42-32-34-47-46-21-10-14-26-53(46)61-54(47)36-42)41-30-27-37(28-31-41)40-29-33-45-44-20-9-13-25-51(44)60(52(45)35-40)56-57-49-23-11-7-22-48(49)55(58-56)39-17-5-2-6-18-39/h1-36H. The van der Waals surface area contributed by atoms with Crippen LogP contribution in [0.3, 0.4) is 0 Å². The Kier molecular flexibility index (Phi) is 8.10. The highest BCUT2D eigenvalue weighted by molar-refractivity contribution is 6.10. The van der Waals surface area contributed by atoms with Crippen LogP contribution in [0.5, 0.6) is 0 Å². The highest BCUT2D eigenvalue weighted by Crippen LogP contribution is 2.43. The van der Waals surface area contributed by atoms with Crippen molar-refractivity contribution in [3.05, 3.63) is 218 Å². The molecule has 12 rings (SSSR count). The number of hydrogen-bond donors (Lipinski definition) is 0. The van der Waals surface area contributed by atoms with Gasteiger partial charge in [0.25, 0.3) is 0 Å². The largest absolute Gasteiger partial charge is 0.456 e. The van der Waals surface area contributed by atoms with Gasteiger partial charge in [-0.1, -0.05) is 158 Å².